The lowest BCUT2D eigenvalue weighted by Gasteiger charge is -2.35. The van der Waals surface area contributed by atoms with E-state index < -0.39 is 0 Å². The Morgan fingerprint density at radius 3 is 2.76 bits per heavy atom. The molecule has 0 bridgehead atoms. The number of nitrogens with one attached hydrogen (secondary N) is 1. The van der Waals surface area contributed by atoms with Crippen molar-refractivity contribution in [2.75, 3.05) is 26.0 Å². The number of pyridine rings is 1. The molecule has 1 aromatic rings. The van der Waals surface area contributed by atoms with E-state index in [4.69, 9.17) is 0 Å². The lowest BCUT2D eigenvalue weighted by atomic mass is 9.83. The third-order valence-electron chi connectivity index (χ3n) is 4.32. The van der Waals surface area contributed by atoms with Crippen molar-refractivity contribution in [1.82, 2.24) is 9.88 Å². The van der Waals surface area contributed by atoms with Crippen molar-refractivity contribution in [3.63, 3.8) is 0 Å². The van der Waals surface area contributed by atoms with Crippen molar-refractivity contribution in [2.45, 2.75) is 38.1 Å². The number of rotatable bonds is 6. The Balaban J connectivity index is 2.03. The summed E-state index contributed by atoms with van der Waals surface area (Å²) >= 11 is 0. The topological polar surface area (TPSA) is 71.3 Å². The number of likely N-dealkylation sites (N-methyl/N-ethyl adjacent to an activating group) is 1. The van der Waals surface area contributed by atoms with E-state index >= 15 is 0 Å². The minimum Gasteiger partial charge on any atom is -0.363 e. The van der Waals surface area contributed by atoms with E-state index in [-0.39, 0.29) is 10.6 Å². The molecule has 0 aromatic carbocycles. The second-order valence-corrected chi connectivity index (χ2v) is 5.94. The van der Waals surface area contributed by atoms with Crippen molar-refractivity contribution in [1.29, 1.82) is 0 Å². The summed E-state index contributed by atoms with van der Waals surface area (Å²) in [5, 5.41) is 14.2. The fourth-order valence-electron chi connectivity index (χ4n) is 3.17. The Bertz CT molecular complexity index is 472. The zero-order valence-electron chi connectivity index (χ0n) is 12.8. The molecule has 0 aliphatic heterocycles. The Morgan fingerprint density at radius 2 is 2.14 bits per heavy atom. The predicted molar refractivity (Wildman–Crippen MR) is 83.4 cm³/mol. The van der Waals surface area contributed by atoms with Gasteiger partial charge in [0.05, 0.1) is 4.92 Å². The minimum atomic E-state index is -0.388. The Morgan fingerprint density at radius 1 is 1.43 bits per heavy atom. The number of hydrogen-bond acceptors (Lipinski definition) is 5. The van der Waals surface area contributed by atoms with Gasteiger partial charge in [0, 0.05) is 24.8 Å². The molecule has 1 aliphatic rings. The van der Waals surface area contributed by atoms with E-state index in [0.717, 1.165) is 0 Å². The first kappa shape index (κ1) is 15.7. The Labute approximate surface area is 125 Å². The number of nitrogens with zero attached hydrogens (tertiary/aromatic N) is 3. The SMILES string of the molecule is CN(C)[C@@H](CNc1ncccc1[N+](=O)[O-])C1CCCCC1. The zero-order valence-corrected chi connectivity index (χ0v) is 12.8. The molecule has 1 N–H and O–H groups in total. The number of anilines is 1. The lowest BCUT2D eigenvalue weighted by molar-refractivity contribution is -0.384. The molecular formula is C15H24N4O2. The summed E-state index contributed by atoms with van der Waals surface area (Å²) in [7, 11) is 4.15. The summed E-state index contributed by atoms with van der Waals surface area (Å²) in [4.78, 5) is 17.0. The van der Waals surface area contributed by atoms with Gasteiger partial charge in [-0.3, -0.25) is 10.1 Å². The van der Waals surface area contributed by atoms with Gasteiger partial charge in [-0.15, -0.1) is 0 Å². The van der Waals surface area contributed by atoms with Gasteiger partial charge in [0.15, 0.2) is 0 Å². The second-order valence-electron chi connectivity index (χ2n) is 5.94. The smallest absolute Gasteiger partial charge is 0.311 e. The van der Waals surface area contributed by atoms with Gasteiger partial charge in [0.1, 0.15) is 0 Å². The van der Waals surface area contributed by atoms with Crippen LogP contribution in [-0.2, 0) is 0 Å². The quantitative estimate of drug-likeness (QED) is 0.645. The van der Waals surface area contributed by atoms with Gasteiger partial charge in [-0.25, -0.2) is 4.98 Å². The molecule has 1 aromatic heterocycles. The summed E-state index contributed by atoms with van der Waals surface area (Å²) in [5.74, 6) is 1.02. The van der Waals surface area contributed by atoms with Crippen LogP contribution in [0, 0.1) is 16.0 Å². The van der Waals surface area contributed by atoms with E-state index in [0.29, 0.717) is 24.3 Å². The highest BCUT2D eigenvalue weighted by atomic mass is 16.6. The number of aromatic nitrogens is 1. The van der Waals surface area contributed by atoms with Crippen LogP contribution in [0.1, 0.15) is 32.1 Å². The first-order chi connectivity index (χ1) is 10.1. The van der Waals surface area contributed by atoms with Gasteiger partial charge in [0.2, 0.25) is 5.82 Å². The van der Waals surface area contributed by atoms with Crippen molar-refractivity contribution < 1.29 is 4.92 Å². The molecule has 6 nitrogen and oxygen atoms in total. The molecule has 1 aliphatic carbocycles. The van der Waals surface area contributed by atoms with E-state index in [1.807, 2.05) is 0 Å². The van der Waals surface area contributed by atoms with Gasteiger partial charge in [-0.1, -0.05) is 19.3 Å². The van der Waals surface area contributed by atoms with Gasteiger partial charge < -0.3 is 10.2 Å². The molecule has 0 amide bonds. The predicted octanol–water partition coefficient (Wildman–Crippen LogP) is 2.91. The molecule has 21 heavy (non-hydrogen) atoms. The molecule has 116 valence electrons. The lowest BCUT2D eigenvalue weighted by Crippen LogP contribution is -2.41. The van der Waals surface area contributed by atoms with Crippen LogP contribution in [-0.4, -0.2) is 41.5 Å². The van der Waals surface area contributed by atoms with Gasteiger partial charge >= 0.3 is 5.69 Å². The molecule has 2 rings (SSSR count). The van der Waals surface area contributed by atoms with Crippen LogP contribution >= 0.6 is 0 Å². The fraction of sp³-hybridized carbons (Fsp3) is 0.667. The van der Waals surface area contributed by atoms with Crippen molar-refractivity contribution in [2.24, 2.45) is 5.92 Å². The maximum Gasteiger partial charge on any atom is 0.311 e. The van der Waals surface area contributed by atoms with Crippen molar-refractivity contribution in [3.05, 3.63) is 28.4 Å². The molecule has 0 unspecified atom stereocenters. The highest BCUT2D eigenvalue weighted by Crippen LogP contribution is 2.29. The molecule has 6 heteroatoms. The summed E-state index contributed by atoms with van der Waals surface area (Å²) in [6.45, 7) is 0.690. The second kappa shape index (κ2) is 7.36. The Hall–Kier alpha value is -1.69. The molecule has 1 atom stereocenters. The first-order valence-corrected chi connectivity index (χ1v) is 7.59. The van der Waals surface area contributed by atoms with Crippen LogP contribution < -0.4 is 5.32 Å². The first-order valence-electron chi connectivity index (χ1n) is 7.59. The highest BCUT2D eigenvalue weighted by molar-refractivity contribution is 5.55. The summed E-state index contributed by atoms with van der Waals surface area (Å²) in [5.41, 5.74) is 0.0404. The van der Waals surface area contributed by atoms with Crippen molar-refractivity contribution in [3.8, 4) is 0 Å². The minimum absolute atomic E-state index is 0.0404. The Kier molecular flexibility index (Phi) is 5.50. The number of hydrogen-bond donors (Lipinski definition) is 1. The molecule has 0 radical (unpaired) electrons. The maximum atomic E-state index is 11.0. The van der Waals surface area contributed by atoms with Gasteiger partial charge in [-0.2, -0.15) is 0 Å². The summed E-state index contributed by atoms with van der Waals surface area (Å²) < 4.78 is 0. The fourth-order valence-corrected chi connectivity index (χ4v) is 3.17. The van der Waals surface area contributed by atoms with Gasteiger partial charge in [-0.05, 0) is 38.9 Å². The van der Waals surface area contributed by atoms with E-state index in [2.05, 4.69) is 29.3 Å². The largest absolute Gasteiger partial charge is 0.363 e. The van der Waals surface area contributed by atoms with Gasteiger partial charge in [0.25, 0.3) is 0 Å². The molecule has 1 fully saturated rings. The molecule has 0 spiro atoms. The average Bonchev–Trinajstić information content (AvgIpc) is 2.48. The van der Waals surface area contributed by atoms with Crippen LogP contribution in [0.3, 0.4) is 0 Å². The molecule has 0 saturated heterocycles. The summed E-state index contributed by atoms with van der Waals surface area (Å²) in [6, 6.07) is 3.46. The summed E-state index contributed by atoms with van der Waals surface area (Å²) in [6.07, 6.45) is 7.98. The monoisotopic (exact) mass is 292 g/mol. The third-order valence-corrected chi connectivity index (χ3v) is 4.32. The molecule has 1 saturated carbocycles. The van der Waals surface area contributed by atoms with E-state index in [1.165, 1.54) is 38.2 Å². The molecule has 1 heterocycles. The van der Waals surface area contributed by atoms with Crippen molar-refractivity contribution >= 4 is 11.5 Å². The normalized spacial score (nSPS) is 17.7. The van der Waals surface area contributed by atoms with E-state index in [9.17, 15) is 10.1 Å². The van der Waals surface area contributed by atoms with E-state index in [1.54, 1.807) is 12.3 Å². The van der Waals surface area contributed by atoms with Crippen LogP contribution in [0.15, 0.2) is 18.3 Å². The average molecular weight is 292 g/mol. The standard InChI is InChI=1S/C15H24N4O2/c1-18(2)14(12-7-4-3-5-8-12)11-17-15-13(19(20)21)9-6-10-16-15/h6,9-10,12,14H,3-5,7-8,11H2,1-2H3,(H,16,17)/t14-/m0/s1. The molecular weight excluding hydrogens is 268 g/mol. The maximum absolute atomic E-state index is 11.0. The van der Waals surface area contributed by atoms with Crippen LogP contribution in [0.4, 0.5) is 11.5 Å². The highest BCUT2D eigenvalue weighted by Gasteiger charge is 2.26. The third kappa shape index (κ3) is 4.14. The number of nitro groups is 1. The van der Waals surface area contributed by atoms with Crippen LogP contribution in [0.5, 0.6) is 0 Å². The van der Waals surface area contributed by atoms with Crippen LogP contribution in [0.25, 0.3) is 0 Å². The zero-order chi connectivity index (χ0) is 15.2. The van der Waals surface area contributed by atoms with Crippen LogP contribution in [0.2, 0.25) is 0 Å².